The van der Waals surface area contributed by atoms with E-state index in [0.717, 1.165) is 141 Å². The first-order valence-corrected chi connectivity index (χ1v) is 42.7. The number of rotatable bonds is 24. The molecule has 0 spiro atoms. The average molecular weight is 1690 g/mol. The van der Waals surface area contributed by atoms with Crippen molar-refractivity contribution in [2.24, 2.45) is 21.3 Å². The number of carbonyl (C=O) groups is 5. The Bertz CT molecular complexity index is 4740. The molecule has 4 fully saturated rings. The number of morpholine rings is 1. The molecule has 0 aliphatic carbocycles. The number of piperidine rings is 2. The smallest absolute Gasteiger partial charge is 0.478 e. The van der Waals surface area contributed by atoms with Crippen molar-refractivity contribution in [1.82, 2.24) is 34.9 Å². The van der Waals surface area contributed by atoms with Crippen molar-refractivity contribution < 1.29 is 75.1 Å². The van der Waals surface area contributed by atoms with E-state index in [1.54, 1.807) is 36.6 Å². The number of ether oxygens (including phenoxy) is 6. The maximum atomic E-state index is 14.2. The number of esters is 2. The van der Waals surface area contributed by atoms with Crippen molar-refractivity contribution in [2.75, 3.05) is 104 Å². The molecule has 4 unspecified atom stereocenters. The van der Waals surface area contributed by atoms with Crippen molar-refractivity contribution in [3.05, 3.63) is 245 Å². The summed E-state index contributed by atoms with van der Waals surface area (Å²) in [5, 5.41) is 5.02. The first-order chi connectivity index (χ1) is 59.3. The summed E-state index contributed by atoms with van der Waals surface area (Å²) < 4.78 is 76.7. The molecule has 14 rings (SSSR count). The first kappa shape index (κ1) is 93.9. The zero-order valence-electron chi connectivity index (χ0n) is 72.4. The quantitative estimate of drug-likeness (QED) is 0.0247. The number of halogens is 3. The Morgan fingerprint density at radius 2 is 1.37 bits per heavy atom. The van der Waals surface area contributed by atoms with Crippen molar-refractivity contribution in [3.63, 3.8) is 0 Å². The summed E-state index contributed by atoms with van der Waals surface area (Å²) in [6.45, 7) is 22.8. The molecule has 8 heterocycles. The van der Waals surface area contributed by atoms with Crippen molar-refractivity contribution in [1.29, 1.82) is 0 Å². The SMILES string of the molecule is C#CCN1C(c2cnccn2)=NC(CC(C)C)C1C(=O)Nc1c(C)cccc1C.CC1(C)CC(CCN=Cc2ccccc2)(Cc2ccccc2)CCO1.CCCOC(=O)C(NC(=O)c1ccc(OC)cc1)(N1CCOCC1)C(F)(F)F.Cc1cccc[n+]1OC(=O)N1CCCCC1.O=C(OCCN1CCCCC1)C1c2ccccc2Oc2ccccc21. The maximum absolute atomic E-state index is 14.2. The number of methoxy groups -OCH3 is 1. The van der Waals surface area contributed by atoms with Crippen molar-refractivity contribution in [2.45, 2.75) is 168 Å². The summed E-state index contributed by atoms with van der Waals surface area (Å²) in [7, 11) is 1.42. The van der Waals surface area contributed by atoms with Gasteiger partial charge in [-0.15, -0.1) is 6.42 Å². The van der Waals surface area contributed by atoms with Gasteiger partial charge in [-0.1, -0.05) is 148 Å². The summed E-state index contributed by atoms with van der Waals surface area (Å²) in [5.41, 5.74) is 5.65. The Morgan fingerprint density at radius 1 is 0.740 bits per heavy atom. The van der Waals surface area contributed by atoms with Gasteiger partial charge in [0.05, 0.1) is 51.3 Å². The molecular weight excluding hydrogens is 1570 g/mol. The number of alkyl halides is 3. The van der Waals surface area contributed by atoms with Crippen LogP contribution in [0.5, 0.6) is 17.2 Å². The number of likely N-dealkylation sites (tertiary alicyclic amines) is 2. The summed E-state index contributed by atoms with van der Waals surface area (Å²) in [6.07, 6.45) is 21.6. The van der Waals surface area contributed by atoms with Crippen LogP contribution in [0.3, 0.4) is 0 Å². The number of hydrogen-bond acceptors (Lipinski definition) is 19. The highest BCUT2D eigenvalue weighted by atomic mass is 19.4. The number of aryl methyl sites for hydroxylation is 3. The highest BCUT2D eigenvalue weighted by Gasteiger charge is 2.67. The fraction of sp³-hybridized carbons (Fsp3) is 0.443. The third-order valence-electron chi connectivity index (χ3n) is 22.3. The van der Waals surface area contributed by atoms with Crippen LogP contribution in [0, 0.1) is 44.4 Å². The van der Waals surface area contributed by atoms with Crippen molar-refractivity contribution >= 4 is 47.6 Å². The molecule has 6 aromatic carbocycles. The summed E-state index contributed by atoms with van der Waals surface area (Å²) in [6, 6.07) is 53.1. The van der Waals surface area contributed by atoms with E-state index < -0.39 is 35.7 Å². The van der Waals surface area contributed by atoms with E-state index in [4.69, 9.17) is 49.7 Å². The number of anilines is 1. The predicted molar refractivity (Wildman–Crippen MR) is 469 cm³/mol. The Morgan fingerprint density at radius 3 is 1.98 bits per heavy atom. The Balaban J connectivity index is 0.000000163. The fourth-order valence-electron chi connectivity index (χ4n) is 16.2. The van der Waals surface area contributed by atoms with Gasteiger partial charge < -0.3 is 48.9 Å². The summed E-state index contributed by atoms with van der Waals surface area (Å²) in [4.78, 5) is 93.6. The average Bonchev–Trinajstić information content (AvgIpc) is 1.95. The van der Waals surface area contributed by atoms with Crippen LogP contribution in [0.4, 0.5) is 23.7 Å². The van der Waals surface area contributed by atoms with E-state index in [2.05, 4.69) is 108 Å². The van der Waals surface area contributed by atoms with Gasteiger partial charge in [0.25, 0.3) is 11.6 Å². The van der Waals surface area contributed by atoms with Gasteiger partial charge in [0, 0.05) is 111 Å². The van der Waals surface area contributed by atoms with Gasteiger partial charge >= 0.3 is 24.2 Å². The molecule has 2 N–H and O–H groups in total. The van der Waals surface area contributed by atoms with Gasteiger partial charge in [0.1, 0.15) is 41.5 Å². The number of carbonyl (C=O) groups excluding carboxylic acids is 5. The highest BCUT2D eigenvalue weighted by molar-refractivity contribution is 6.06. The number of fused-ring (bicyclic) bond motifs is 2. The molecule has 23 nitrogen and oxygen atoms in total. The lowest BCUT2D eigenvalue weighted by Gasteiger charge is -2.45. The van der Waals surface area contributed by atoms with Gasteiger partial charge in [-0.2, -0.15) is 18.0 Å². The molecule has 8 aromatic rings. The van der Waals surface area contributed by atoms with E-state index in [-0.39, 0.29) is 80.0 Å². The number of nitrogens with zero attached hydrogens (tertiary/aromatic N) is 9. The van der Waals surface area contributed by atoms with Crippen LogP contribution < -0.4 is 29.7 Å². The zero-order chi connectivity index (χ0) is 87.8. The Labute approximate surface area is 722 Å². The number of amides is 3. The molecule has 0 bridgehead atoms. The number of pyridine rings is 1. The number of benzene rings is 6. The van der Waals surface area contributed by atoms with Gasteiger partial charge in [0.15, 0.2) is 5.84 Å². The number of nitrogens with one attached hydrogen (secondary N) is 2. The number of hydrogen-bond donors (Lipinski definition) is 2. The van der Waals surface area contributed by atoms with Crippen LogP contribution in [0.25, 0.3) is 0 Å². The van der Waals surface area contributed by atoms with Gasteiger partial charge in [-0.05, 0) is 187 Å². The van der Waals surface area contributed by atoms with Crippen LogP contribution in [0.15, 0.2) is 205 Å². The normalized spacial score (nSPS) is 18.6. The van der Waals surface area contributed by atoms with Crippen LogP contribution >= 0.6 is 0 Å². The monoisotopic (exact) mass is 1690 g/mol. The number of para-hydroxylation sites is 3. The molecular formula is C97H119F3N11O12+. The van der Waals surface area contributed by atoms with Crippen LogP contribution in [0.1, 0.15) is 166 Å². The van der Waals surface area contributed by atoms with Gasteiger partial charge in [0.2, 0.25) is 17.8 Å². The number of terminal acetylenes is 1. The second-order valence-electron chi connectivity index (χ2n) is 32.5. The minimum absolute atomic E-state index is 0.00268. The molecule has 26 heteroatoms. The third-order valence-corrected chi connectivity index (χ3v) is 22.3. The lowest BCUT2D eigenvalue weighted by Crippen LogP contribution is -2.75. The summed E-state index contributed by atoms with van der Waals surface area (Å²) in [5.74, 6) is 2.26. The lowest BCUT2D eigenvalue weighted by molar-refractivity contribution is -0.873. The van der Waals surface area contributed by atoms with Gasteiger partial charge in [-0.3, -0.25) is 39.2 Å². The molecule has 4 atom stereocenters. The molecule has 123 heavy (non-hydrogen) atoms. The topological polar surface area (TPSA) is 241 Å². The third kappa shape index (κ3) is 26.6. The molecule has 0 saturated carbocycles. The molecule has 4 saturated heterocycles. The maximum Gasteiger partial charge on any atom is 0.478 e. The lowest BCUT2D eigenvalue weighted by atomic mass is 9.68. The minimum Gasteiger partial charge on any atom is -0.497 e. The number of aliphatic imine (C=N–C) groups is 2. The first-order valence-electron chi connectivity index (χ1n) is 42.7. The van der Waals surface area contributed by atoms with Crippen LogP contribution in [-0.4, -0.2) is 200 Å². The number of aromatic nitrogens is 3. The molecule has 6 aliphatic rings. The van der Waals surface area contributed by atoms with Gasteiger partial charge in [-0.25, -0.2) is 14.6 Å². The summed E-state index contributed by atoms with van der Waals surface area (Å²) >= 11 is 0. The Kier molecular flexibility index (Phi) is 35.3. The van der Waals surface area contributed by atoms with E-state index >= 15 is 0 Å². The molecule has 3 amide bonds. The number of amidine groups is 1. The molecule has 654 valence electrons. The van der Waals surface area contributed by atoms with E-state index in [9.17, 15) is 37.1 Å². The minimum atomic E-state index is -5.11. The molecule has 0 radical (unpaired) electrons. The van der Waals surface area contributed by atoms with Crippen LogP contribution in [-0.2, 0) is 39.8 Å². The molecule has 2 aromatic heterocycles. The standard InChI is InChI=1S/C23H27N5O.C23H29NO.C21H23NO3.C18H23F3N2O5.C12H17N2O2/c1-6-12-28-21(23(29)27-20-16(4)8-7-9-17(20)5)18(13-15(2)3)26-22(28)19-14-24-10-11-25-19;1-22(2)19-23(14-16-25-22,17-20-9-5-3-6-10-20)13-15-24-18-21-11-7-4-8-12-21;23-21(24-15-14-22-12-6-1-7-13-22)20-16-8-2-4-10-18(16)25-19-11-5-3-9-17(19)20;1-3-10-28-16(25)17(18(19,20)21,23-8-11-27-12-9-23)22-15(24)13-4-6-14(26-2)7-5-13;1-11-7-3-6-10-14(11)16-12(15)13-8-4-2-5-9-13/h1,7-11,14-15,18,21H,12-13H2,2-5H3,(H,27,29);3-12,18H,13-17,19H2,1-2H3;2-5,8-11,20H,1,6-7,12-15H2;4-7H,3,8-12H2,1-2H3,(H,22,24);3,6-7,10H,2,4-5,8-9H2,1H3/q;;;;+1. The largest absolute Gasteiger partial charge is 0.497 e. The van der Waals surface area contributed by atoms with Crippen molar-refractivity contribution in [3.8, 4) is 29.6 Å². The fourth-order valence-corrected chi connectivity index (χ4v) is 16.2. The molecule has 6 aliphatic heterocycles. The second kappa shape index (κ2) is 46.2. The highest BCUT2D eigenvalue weighted by Crippen LogP contribution is 2.46. The van der Waals surface area contributed by atoms with Crippen LogP contribution in [0.2, 0.25) is 0 Å². The van der Waals surface area contributed by atoms with E-state index in [1.807, 2.05) is 128 Å². The van der Waals surface area contributed by atoms with E-state index in [0.29, 0.717) is 36.2 Å². The predicted octanol–water partition coefficient (Wildman–Crippen LogP) is 15.8. The van der Waals surface area contributed by atoms with E-state index in [1.165, 1.54) is 72.9 Å². The zero-order valence-corrected chi connectivity index (χ0v) is 72.4. The second-order valence-corrected chi connectivity index (χ2v) is 32.5. The Hall–Kier alpha value is -11.4.